The minimum absolute atomic E-state index is 0.501. The van der Waals surface area contributed by atoms with Crippen molar-refractivity contribution >= 4 is 5.82 Å². The second-order valence-electron chi connectivity index (χ2n) is 3.67. The Morgan fingerprint density at radius 3 is 2.94 bits per heavy atom. The number of nitrogen functional groups attached to an aromatic ring is 1. The van der Waals surface area contributed by atoms with Gasteiger partial charge in [-0.15, -0.1) is 5.10 Å². The van der Waals surface area contributed by atoms with Crippen LogP contribution in [0.25, 0.3) is 11.4 Å². The van der Waals surface area contributed by atoms with Gasteiger partial charge in [0.25, 0.3) is 0 Å². The Hall–Kier alpha value is -1.91. The third-order valence-electron chi connectivity index (χ3n) is 2.31. The van der Waals surface area contributed by atoms with E-state index < -0.39 is 0 Å². The highest BCUT2D eigenvalue weighted by Gasteiger charge is 2.04. The molecule has 5 nitrogen and oxygen atoms in total. The maximum Gasteiger partial charge on any atom is 0.131 e. The van der Waals surface area contributed by atoms with E-state index in [1.165, 1.54) is 0 Å². The number of aryl methyl sites for hydroxylation is 1. The van der Waals surface area contributed by atoms with Crippen LogP contribution in [0.5, 0.6) is 0 Å². The lowest BCUT2D eigenvalue weighted by Crippen LogP contribution is -1.97. The second kappa shape index (κ2) is 4.74. The molecule has 0 fully saturated rings. The summed E-state index contributed by atoms with van der Waals surface area (Å²) in [6.45, 7) is 3.04. The smallest absolute Gasteiger partial charge is 0.131 e. The molecule has 16 heavy (non-hydrogen) atoms. The van der Waals surface area contributed by atoms with Gasteiger partial charge in [0.15, 0.2) is 0 Å². The van der Waals surface area contributed by atoms with Crippen molar-refractivity contribution in [1.82, 2.24) is 20.0 Å². The van der Waals surface area contributed by atoms with E-state index >= 15 is 0 Å². The molecule has 0 aromatic carbocycles. The van der Waals surface area contributed by atoms with E-state index in [0.717, 1.165) is 30.8 Å². The van der Waals surface area contributed by atoms with Crippen LogP contribution in [0.4, 0.5) is 5.82 Å². The van der Waals surface area contributed by atoms with Crippen molar-refractivity contribution in [3.05, 3.63) is 24.4 Å². The number of hydrogen-bond acceptors (Lipinski definition) is 4. The molecule has 0 unspecified atom stereocenters. The first-order valence-electron chi connectivity index (χ1n) is 5.42. The van der Waals surface area contributed by atoms with E-state index in [2.05, 4.69) is 22.2 Å². The minimum atomic E-state index is 0.501. The summed E-state index contributed by atoms with van der Waals surface area (Å²) < 4.78 is 1.84. The molecule has 0 radical (unpaired) electrons. The average Bonchev–Trinajstić information content (AvgIpc) is 2.75. The molecule has 2 aromatic heterocycles. The fraction of sp³-hybridized carbons (Fsp3) is 0.364. The SMILES string of the molecule is CCCCn1cc(-c2cccc(N)n2)nn1. The molecule has 0 atom stereocenters. The molecule has 0 bridgehead atoms. The summed E-state index contributed by atoms with van der Waals surface area (Å²) in [5.74, 6) is 0.501. The van der Waals surface area contributed by atoms with E-state index in [0.29, 0.717) is 5.82 Å². The van der Waals surface area contributed by atoms with Crippen LogP contribution in [-0.4, -0.2) is 20.0 Å². The summed E-state index contributed by atoms with van der Waals surface area (Å²) in [6.07, 6.45) is 4.15. The van der Waals surface area contributed by atoms with Gasteiger partial charge in [-0.3, -0.25) is 4.68 Å². The molecular formula is C11H15N5. The minimum Gasteiger partial charge on any atom is -0.384 e. The molecule has 0 aliphatic carbocycles. The molecule has 84 valence electrons. The normalized spacial score (nSPS) is 10.6. The van der Waals surface area contributed by atoms with E-state index in [4.69, 9.17) is 5.73 Å². The fourth-order valence-electron chi connectivity index (χ4n) is 1.44. The topological polar surface area (TPSA) is 69.6 Å². The van der Waals surface area contributed by atoms with Gasteiger partial charge in [-0.25, -0.2) is 4.98 Å². The number of unbranched alkanes of at least 4 members (excludes halogenated alkanes) is 1. The van der Waals surface area contributed by atoms with E-state index in [1.54, 1.807) is 6.07 Å². The Balaban J connectivity index is 2.18. The van der Waals surface area contributed by atoms with Gasteiger partial charge in [0.05, 0.1) is 11.9 Å². The lowest BCUT2D eigenvalue weighted by atomic mass is 10.3. The highest BCUT2D eigenvalue weighted by molar-refractivity contribution is 5.54. The number of pyridine rings is 1. The summed E-state index contributed by atoms with van der Waals surface area (Å²) in [5.41, 5.74) is 7.15. The number of nitrogens with zero attached hydrogens (tertiary/aromatic N) is 4. The summed E-state index contributed by atoms with van der Waals surface area (Å²) in [6, 6.07) is 5.50. The molecule has 5 heteroatoms. The highest BCUT2D eigenvalue weighted by atomic mass is 15.4. The van der Waals surface area contributed by atoms with Crippen molar-refractivity contribution in [1.29, 1.82) is 0 Å². The molecule has 2 rings (SSSR count). The molecule has 0 saturated heterocycles. The first-order chi connectivity index (χ1) is 7.79. The van der Waals surface area contributed by atoms with Crippen molar-refractivity contribution < 1.29 is 0 Å². The highest BCUT2D eigenvalue weighted by Crippen LogP contribution is 2.14. The van der Waals surface area contributed by atoms with Crippen LogP contribution in [0.15, 0.2) is 24.4 Å². The molecule has 2 heterocycles. The predicted octanol–water partition coefficient (Wildman–Crippen LogP) is 1.72. The second-order valence-corrected chi connectivity index (χ2v) is 3.67. The van der Waals surface area contributed by atoms with Crippen molar-refractivity contribution in [3.8, 4) is 11.4 Å². The van der Waals surface area contributed by atoms with Crippen LogP contribution >= 0.6 is 0 Å². The molecular weight excluding hydrogens is 202 g/mol. The van der Waals surface area contributed by atoms with E-state index in [-0.39, 0.29) is 0 Å². The zero-order valence-electron chi connectivity index (χ0n) is 9.30. The van der Waals surface area contributed by atoms with Gasteiger partial charge < -0.3 is 5.73 Å². The average molecular weight is 217 g/mol. The number of aromatic nitrogens is 4. The molecule has 0 aliphatic heterocycles. The third kappa shape index (κ3) is 2.36. The Kier molecular flexibility index (Phi) is 3.14. The van der Waals surface area contributed by atoms with Gasteiger partial charge in [-0.2, -0.15) is 0 Å². The number of rotatable bonds is 4. The van der Waals surface area contributed by atoms with Crippen LogP contribution in [0, 0.1) is 0 Å². The van der Waals surface area contributed by atoms with Crippen LogP contribution in [0.1, 0.15) is 19.8 Å². The van der Waals surface area contributed by atoms with Gasteiger partial charge in [-0.05, 0) is 18.6 Å². The molecule has 2 aromatic rings. The molecule has 0 aliphatic rings. The standard InChI is InChI=1S/C11H15N5/c1-2-3-7-16-8-10(14-15-16)9-5-4-6-11(12)13-9/h4-6,8H,2-3,7H2,1H3,(H2,12,13). The summed E-state index contributed by atoms with van der Waals surface area (Å²) in [7, 11) is 0. The lowest BCUT2D eigenvalue weighted by molar-refractivity contribution is 0.553. The number of anilines is 1. The van der Waals surface area contributed by atoms with Crippen molar-refractivity contribution in [2.45, 2.75) is 26.3 Å². The van der Waals surface area contributed by atoms with E-state index in [9.17, 15) is 0 Å². The summed E-state index contributed by atoms with van der Waals surface area (Å²) >= 11 is 0. The van der Waals surface area contributed by atoms with E-state index in [1.807, 2.05) is 23.0 Å². The van der Waals surface area contributed by atoms with Gasteiger partial charge in [0.2, 0.25) is 0 Å². The Morgan fingerprint density at radius 1 is 1.31 bits per heavy atom. The fourth-order valence-corrected chi connectivity index (χ4v) is 1.44. The summed E-state index contributed by atoms with van der Waals surface area (Å²) in [5, 5.41) is 8.12. The first-order valence-corrected chi connectivity index (χ1v) is 5.42. The van der Waals surface area contributed by atoms with Crippen molar-refractivity contribution in [3.63, 3.8) is 0 Å². The van der Waals surface area contributed by atoms with Gasteiger partial charge in [-0.1, -0.05) is 24.6 Å². The van der Waals surface area contributed by atoms with Crippen LogP contribution in [-0.2, 0) is 6.54 Å². The first kappa shape index (κ1) is 10.6. The van der Waals surface area contributed by atoms with Crippen molar-refractivity contribution in [2.75, 3.05) is 5.73 Å². The number of nitrogens with two attached hydrogens (primary N) is 1. The maximum absolute atomic E-state index is 5.62. The molecule has 0 amide bonds. The van der Waals surface area contributed by atoms with Gasteiger partial charge >= 0.3 is 0 Å². The van der Waals surface area contributed by atoms with Crippen LogP contribution in [0.2, 0.25) is 0 Å². The maximum atomic E-state index is 5.62. The largest absolute Gasteiger partial charge is 0.384 e. The van der Waals surface area contributed by atoms with Crippen molar-refractivity contribution in [2.24, 2.45) is 0 Å². The molecule has 0 spiro atoms. The van der Waals surface area contributed by atoms with Crippen LogP contribution < -0.4 is 5.73 Å². The van der Waals surface area contributed by atoms with Crippen LogP contribution in [0.3, 0.4) is 0 Å². The molecule has 0 saturated carbocycles. The predicted molar refractivity (Wildman–Crippen MR) is 62.6 cm³/mol. The Labute approximate surface area is 94.3 Å². The Bertz CT molecular complexity index is 463. The summed E-state index contributed by atoms with van der Waals surface area (Å²) in [4.78, 5) is 4.20. The Morgan fingerprint density at radius 2 is 2.19 bits per heavy atom. The number of hydrogen-bond donors (Lipinski definition) is 1. The third-order valence-corrected chi connectivity index (χ3v) is 2.31. The van der Waals surface area contributed by atoms with Gasteiger partial charge in [0.1, 0.15) is 11.5 Å². The molecule has 2 N–H and O–H groups in total. The van der Waals surface area contributed by atoms with Gasteiger partial charge in [0, 0.05) is 6.54 Å². The zero-order chi connectivity index (χ0) is 11.4. The lowest BCUT2D eigenvalue weighted by Gasteiger charge is -1.97. The zero-order valence-corrected chi connectivity index (χ0v) is 9.30. The quantitative estimate of drug-likeness (QED) is 0.846. The monoisotopic (exact) mass is 217 g/mol.